The number of aliphatic hydroxyl groups excluding tert-OH is 1. The van der Waals surface area contributed by atoms with Crippen molar-refractivity contribution in [3.8, 4) is 0 Å². The Hall–Kier alpha value is -1.25. The number of aliphatic hydroxyl groups is 1. The number of hydrogen-bond donors (Lipinski definition) is 3. The van der Waals surface area contributed by atoms with Gasteiger partial charge in [0.1, 0.15) is 5.01 Å². The minimum absolute atomic E-state index is 0.0101. The van der Waals surface area contributed by atoms with E-state index in [0.717, 1.165) is 37.2 Å². The maximum atomic E-state index is 11.8. The van der Waals surface area contributed by atoms with E-state index in [9.17, 15) is 9.90 Å². The average Bonchev–Trinajstić information content (AvgIpc) is 2.80. The summed E-state index contributed by atoms with van der Waals surface area (Å²) in [5.41, 5.74) is 5.50. The second kappa shape index (κ2) is 7.51. The van der Waals surface area contributed by atoms with E-state index < -0.39 is 0 Å². The van der Waals surface area contributed by atoms with Crippen LogP contribution in [0.5, 0.6) is 0 Å². The third kappa shape index (κ3) is 5.03. The highest BCUT2D eigenvalue weighted by Crippen LogP contribution is 2.12. The highest BCUT2D eigenvalue weighted by Gasteiger charge is 2.19. The molecule has 1 aliphatic rings. The molecule has 0 bridgehead atoms. The number of hydrogen-bond acceptors (Lipinski definition) is 7. The number of nitrogens with two attached hydrogens (primary N) is 1. The summed E-state index contributed by atoms with van der Waals surface area (Å²) in [6.45, 7) is 2.46. The molecule has 0 spiro atoms. The molecule has 0 saturated carbocycles. The molecule has 2 rings (SSSR count). The second-order valence-electron chi connectivity index (χ2n) is 5.02. The van der Waals surface area contributed by atoms with Gasteiger partial charge < -0.3 is 16.2 Å². The molecular formula is C12H21N5O2S. The van der Waals surface area contributed by atoms with Crippen LogP contribution in [0.15, 0.2) is 0 Å². The first-order valence-electron chi connectivity index (χ1n) is 6.88. The summed E-state index contributed by atoms with van der Waals surface area (Å²) in [6.07, 6.45) is 3.09. The molecule has 1 fully saturated rings. The van der Waals surface area contributed by atoms with Crippen LogP contribution in [-0.2, 0) is 11.2 Å². The number of aromatic nitrogens is 2. The van der Waals surface area contributed by atoms with Crippen LogP contribution in [0.3, 0.4) is 0 Å². The number of amides is 1. The monoisotopic (exact) mass is 299 g/mol. The van der Waals surface area contributed by atoms with Crippen molar-refractivity contribution in [2.75, 3.05) is 31.9 Å². The SMILES string of the molecule is Nc1nnc(CCCNC(=O)CN2CCC[C@@H](O)C2)s1. The van der Waals surface area contributed by atoms with Crippen LogP contribution in [0, 0.1) is 0 Å². The summed E-state index contributed by atoms with van der Waals surface area (Å²) >= 11 is 1.38. The van der Waals surface area contributed by atoms with E-state index in [1.807, 2.05) is 4.90 Å². The summed E-state index contributed by atoms with van der Waals surface area (Å²) in [6, 6.07) is 0. The van der Waals surface area contributed by atoms with Crippen molar-refractivity contribution in [2.24, 2.45) is 0 Å². The second-order valence-corrected chi connectivity index (χ2v) is 6.11. The first kappa shape index (κ1) is 15.1. The number of anilines is 1. The molecule has 1 atom stereocenters. The van der Waals surface area contributed by atoms with Gasteiger partial charge in [-0.1, -0.05) is 11.3 Å². The molecule has 20 heavy (non-hydrogen) atoms. The van der Waals surface area contributed by atoms with E-state index in [2.05, 4.69) is 15.5 Å². The Morgan fingerprint density at radius 2 is 2.40 bits per heavy atom. The molecule has 1 amide bonds. The van der Waals surface area contributed by atoms with Crippen LogP contribution in [0.1, 0.15) is 24.3 Å². The van der Waals surface area contributed by atoms with Crippen molar-refractivity contribution in [3.63, 3.8) is 0 Å². The summed E-state index contributed by atoms with van der Waals surface area (Å²) in [5, 5.41) is 21.5. The Morgan fingerprint density at radius 1 is 1.55 bits per heavy atom. The van der Waals surface area contributed by atoms with Crippen LogP contribution in [0.25, 0.3) is 0 Å². The molecule has 1 saturated heterocycles. The van der Waals surface area contributed by atoms with Gasteiger partial charge in [0.05, 0.1) is 12.6 Å². The molecule has 1 aliphatic heterocycles. The number of nitrogens with one attached hydrogen (secondary N) is 1. The first-order chi connectivity index (χ1) is 9.63. The lowest BCUT2D eigenvalue weighted by Gasteiger charge is -2.29. The van der Waals surface area contributed by atoms with Crippen molar-refractivity contribution in [2.45, 2.75) is 31.8 Å². The van der Waals surface area contributed by atoms with Gasteiger partial charge in [0.2, 0.25) is 11.0 Å². The Labute approximate surface area is 122 Å². The molecule has 0 aliphatic carbocycles. The zero-order valence-electron chi connectivity index (χ0n) is 11.4. The van der Waals surface area contributed by atoms with Crippen LogP contribution < -0.4 is 11.1 Å². The van der Waals surface area contributed by atoms with Gasteiger partial charge in [-0.05, 0) is 25.8 Å². The third-order valence-corrected chi connectivity index (χ3v) is 4.03. The number of β-amino-alcohol motifs (C(OH)–C–C–N with tert-alkyl or cyclic N) is 1. The molecule has 2 heterocycles. The standard InChI is InChI=1S/C12H21N5O2S/c13-12-16-15-11(20-12)4-1-5-14-10(19)8-17-6-2-3-9(18)7-17/h9,18H,1-8H2,(H2,13,16)(H,14,19)/t9-/m1/s1. The van der Waals surface area contributed by atoms with Crippen molar-refractivity contribution in [1.82, 2.24) is 20.4 Å². The smallest absolute Gasteiger partial charge is 0.234 e. The van der Waals surface area contributed by atoms with Gasteiger partial charge in [-0.2, -0.15) is 0 Å². The number of likely N-dealkylation sites (tertiary alicyclic amines) is 1. The topological polar surface area (TPSA) is 104 Å². The number of carbonyl (C=O) groups is 1. The van der Waals surface area contributed by atoms with E-state index in [-0.39, 0.29) is 12.0 Å². The van der Waals surface area contributed by atoms with Crippen molar-refractivity contribution >= 4 is 22.4 Å². The van der Waals surface area contributed by atoms with E-state index in [1.54, 1.807) is 0 Å². The Morgan fingerprint density at radius 3 is 3.10 bits per heavy atom. The fraction of sp³-hybridized carbons (Fsp3) is 0.750. The van der Waals surface area contributed by atoms with Gasteiger partial charge in [0, 0.05) is 19.5 Å². The Kier molecular flexibility index (Phi) is 5.69. The lowest BCUT2D eigenvalue weighted by molar-refractivity contribution is -0.122. The summed E-state index contributed by atoms with van der Waals surface area (Å²) < 4.78 is 0. The van der Waals surface area contributed by atoms with Crippen LogP contribution >= 0.6 is 11.3 Å². The fourth-order valence-corrected chi connectivity index (χ4v) is 2.92. The maximum absolute atomic E-state index is 11.8. The molecule has 112 valence electrons. The maximum Gasteiger partial charge on any atom is 0.234 e. The molecule has 0 aromatic carbocycles. The van der Waals surface area contributed by atoms with Crippen molar-refractivity contribution < 1.29 is 9.90 Å². The number of rotatable bonds is 6. The number of nitrogens with zero attached hydrogens (tertiary/aromatic N) is 3. The zero-order chi connectivity index (χ0) is 14.4. The highest BCUT2D eigenvalue weighted by atomic mass is 32.1. The van der Waals surface area contributed by atoms with Gasteiger partial charge in [-0.15, -0.1) is 10.2 Å². The van der Waals surface area contributed by atoms with E-state index >= 15 is 0 Å². The molecule has 4 N–H and O–H groups in total. The molecule has 1 aromatic rings. The van der Waals surface area contributed by atoms with E-state index in [4.69, 9.17) is 5.73 Å². The van der Waals surface area contributed by atoms with Gasteiger partial charge >= 0.3 is 0 Å². The molecule has 7 nitrogen and oxygen atoms in total. The lowest BCUT2D eigenvalue weighted by atomic mass is 10.1. The minimum atomic E-state index is -0.292. The number of nitrogen functional groups attached to an aromatic ring is 1. The quantitative estimate of drug-likeness (QED) is 0.619. The van der Waals surface area contributed by atoms with Crippen LogP contribution in [0.4, 0.5) is 5.13 Å². The first-order valence-corrected chi connectivity index (χ1v) is 7.70. The number of piperidine rings is 1. The molecule has 8 heteroatoms. The largest absolute Gasteiger partial charge is 0.392 e. The van der Waals surface area contributed by atoms with Gasteiger partial charge in [-0.25, -0.2) is 0 Å². The van der Waals surface area contributed by atoms with Crippen LogP contribution in [0.2, 0.25) is 0 Å². The normalized spacial score (nSPS) is 19.9. The van der Waals surface area contributed by atoms with Crippen molar-refractivity contribution in [3.05, 3.63) is 5.01 Å². The molecular weight excluding hydrogens is 278 g/mol. The molecule has 0 unspecified atom stereocenters. The predicted molar refractivity (Wildman–Crippen MR) is 77.3 cm³/mol. The number of aryl methyl sites for hydroxylation is 1. The van der Waals surface area contributed by atoms with E-state index in [1.165, 1.54) is 11.3 Å². The Balaban J connectivity index is 1.58. The zero-order valence-corrected chi connectivity index (χ0v) is 12.2. The third-order valence-electron chi connectivity index (χ3n) is 3.22. The van der Waals surface area contributed by atoms with E-state index in [0.29, 0.717) is 24.8 Å². The highest BCUT2D eigenvalue weighted by molar-refractivity contribution is 7.15. The number of carbonyl (C=O) groups excluding carboxylic acids is 1. The predicted octanol–water partition coefficient (Wildman–Crippen LogP) is -0.374. The average molecular weight is 299 g/mol. The molecule has 0 radical (unpaired) electrons. The minimum Gasteiger partial charge on any atom is -0.392 e. The van der Waals surface area contributed by atoms with Crippen LogP contribution in [-0.4, -0.2) is 58.4 Å². The summed E-state index contributed by atoms with van der Waals surface area (Å²) in [5.74, 6) is 0.0101. The molecule has 1 aromatic heterocycles. The van der Waals surface area contributed by atoms with Crippen molar-refractivity contribution in [1.29, 1.82) is 0 Å². The van der Waals surface area contributed by atoms with Gasteiger partial charge in [-0.3, -0.25) is 9.69 Å². The summed E-state index contributed by atoms with van der Waals surface area (Å²) in [4.78, 5) is 13.7. The fourth-order valence-electron chi connectivity index (χ4n) is 2.27. The summed E-state index contributed by atoms with van der Waals surface area (Å²) in [7, 11) is 0. The van der Waals surface area contributed by atoms with Gasteiger partial charge in [0.25, 0.3) is 0 Å². The lowest BCUT2D eigenvalue weighted by Crippen LogP contribution is -2.44. The Bertz CT molecular complexity index is 439. The van der Waals surface area contributed by atoms with Gasteiger partial charge in [0.15, 0.2) is 0 Å².